The van der Waals surface area contributed by atoms with Gasteiger partial charge < -0.3 is 19.3 Å². The molecule has 1 N–H and O–H groups in total. The number of carboxylic acids is 1. The van der Waals surface area contributed by atoms with Crippen molar-refractivity contribution in [2.24, 2.45) is 0 Å². The maximum absolute atomic E-state index is 12.3. The molecule has 1 aromatic rings. The Morgan fingerprint density at radius 2 is 1.87 bits per heavy atom. The molecule has 2 aliphatic rings. The van der Waals surface area contributed by atoms with E-state index in [4.69, 9.17) is 14.4 Å². The molecule has 1 aromatic carbocycles. The normalized spacial score (nSPS) is 21.7. The Morgan fingerprint density at radius 1 is 1.26 bits per heavy atom. The lowest BCUT2D eigenvalue weighted by Gasteiger charge is -2.32. The molecule has 1 amide bonds. The molecule has 2 aliphatic heterocycles. The molecule has 1 fully saturated rings. The Hall–Kier alpha value is -1.86. The lowest BCUT2D eigenvalue weighted by Crippen LogP contribution is -2.41. The van der Waals surface area contributed by atoms with E-state index >= 15 is 0 Å². The van der Waals surface area contributed by atoms with Crippen LogP contribution in [0.25, 0.3) is 0 Å². The summed E-state index contributed by atoms with van der Waals surface area (Å²) in [5, 5.41) is 8.88. The molecule has 2 heterocycles. The molecule has 3 rings (SSSR count). The summed E-state index contributed by atoms with van der Waals surface area (Å²) in [7, 11) is -0.536. The van der Waals surface area contributed by atoms with Crippen molar-refractivity contribution in [1.29, 1.82) is 0 Å². The Labute approximate surface area is 135 Å². The second-order valence-electron chi connectivity index (χ2n) is 7.06. The van der Waals surface area contributed by atoms with Crippen LogP contribution in [0.2, 0.25) is 0 Å². The van der Waals surface area contributed by atoms with Gasteiger partial charge in [0.1, 0.15) is 6.54 Å². The molecule has 0 bridgehead atoms. The molecule has 23 heavy (non-hydrogen) atoms. The first-order chi connectivity index (χ1) is 10.6. The Morgan fingerprint density at radius 3 is 2.43 bits per heavy atom. The summed E-state index contributed by atoms with van der Waals surface area (Å²) in [6.07, 6.45) is 0. The van der Waals surface area contributed by atoms with E-state index in [1.165, 1.54) is 4.90 Å². The largest absolute Gasteiger partial charge is 0.494 e. The van der Waals surface area contributed by atoms with E-state index in [2.05, 4.69) is 0 Å². The van der Waals surface area contributed by atoms with Crippen molar-refractivity contribution in [1.82, 2.24) is 4.90 Å². The first-order valence-electron chi connectivity index (χ1n) is 7.60. The standard InChI is InChI=1S/C16H20BNO5/c1-15(2)16(3,4)23-17(22-15)11-6-5-10-8-18(9-13(19)20)14(21)12(10)7-11/h5-7H,8-9H2,1-4H3,(H,19,20). The maximum Gasteiger partial charge on any atom is 0.494 e. The third-order valence-electron chi connectivity index (χ3n) is 4.86. The summed E-state index contributed by atoms with van der Waals surface area (Å²) in [4.78, 5) is 24.5. The second kappa shape index (κ2) is 5.07. The van der Waals surface area contributed by atoms with E-state index in [-0.39, 0.29) is 12.5 Å². The van der Waals surface area contributed by atoms with Gasteiger partial charge in [0, 0.05) is 12.1 Å². The molecular formula is C16H20BNO5. The minimum atomic E-state index is -1.02. The quantitative estimate of drug-likeness (QED) is 0.843. The van der Waals surface area contributed by atoms with Gasteiger partial charge in [-0.2, -0.15) is 0 Å². The minimum Gasteiger partial charge on any atom is -0.480 e. The zero-order valence-corrected chi connectivity index (χ0v) is 13.8. The Balaban J connectivity index is 1.86. The summed E-state index contributed by atoms with van der Waals surface area (Å²) in [6.45, 7) is 7.92. The number of fused-ring (bicyclic) bond motifs is 1. The highest BCUT2D eigenvalue weighted by molar-refractivity contribution is 6.62. The number of hydrogen-bond acceptors (Lipinski definition) is 4. The molecule has 0 aromatic heterocycles. The van der Waals surface area contributed by atoms with Gasteiger partial charge in [0.05, 0.1) is 11.2 Å². The predicted octanol–water partition coefficient (Wildman–Crippen LogP) is 1.03. The number of hydrogen-bond donors (Lipinski definition) is 1. The fourth-order valence-electron chi connectivity index (χ4n) is 2.80. The summed E-state index contributed by atoms with van der Waals surface area (Å²) in [6, 6.07) is 5.47. The lowest BCUT2D eigenvalue weighted by atomic mass is 9.78. The second-order valence-corrected chi connectivity index (χ2v) is 7.06. The van der Waals surface area contributed by atoms with Crippen LogP contribution in [0.5, 0.6) is 0 Å². The Kier molecular flexibility index (Phi) is 3.53. The van der Waals surface area contributed by atoms with Gasteiger partial charge in [0.25, 0.3) is 5.91 Å². The topological polar surface area (TPSA) is 76.1 Å². The van der Waals surface area contributed by atoms with Crippen LogP contribution in [0.3, 0.4) is 0 Å². The third kappa shape index (κ3) is 2.64. The first-order valence-corrected chi connectivity index (χ1v) is 7.60. The first kappa shape index (κ1) is 16.0. The molecule has 0 unspecified atom stereocenters. The summed E-state index contributed by atoms with van der Waals surface area (Å²) in [5.41, 5.74) is 1.23. The van der Waals surface area contributed by atoms with E-state index in [0.29, 0.717) is 12.1 Å². The SMILES string of the molecule is CC1(C)OB(c2ccc3c(c2)C(=O)N(CC(=O)O)C3)OC1(C)C. The van der Waals surface area contributed by atoms with Crippen molar-refractivity contribution >= 4 is 24.5 Å². The number of carboxylic acid groups (broad SMARTS) is 1. The molecule has 7 heteroatoms. The van der Waals surface area contributed by atoms with E-state index in [1.807, 2.05) is 39.8 Å². The highest BCUT2D eigenvalue weighted by Crippen LogP contribution is 2.36. The van der Waals surface area contributed by atoms with Gasteiger partial charge in [-0.25, -0.2) is 0 Å². The van der Waals surface area contributed by atoms with Crippen molar-refractivity contribution in [2.45, 2.75) is 45.4 Å². The van der Waals surface area contributed by atoms with E-state index in [1.54, 1.807) is 6.07 Å². The van der Waals surface area contributed by atoms with Crippen molar-refractivity contribution in [3.63, 3.8) is 0 Å². The molecule has 0 saturated carbocycles. The lowest BCUT2D eigenvalue weighted by molar-refractivity contribution is -0.137. The van der Waals surface area contributed by atoms with E-state index in [0.717, 1.165) is 11.0 Å². The average molecular weight is 317 g/mol. The third-order valence-corrected chi connectivity index (χ3v) is 4.86. The van der Waals surface area contributed by atoms with Crippen LogP contribution in [0.1, 0.15) is 43.6 Å². The molecule has 0 atom stereocenters. The van der Waals surface area contributed by atoms with Gasteiger partial charge in [-0.1, -0.05) is 12.1 Å². The van der Waals surface area contributed by atoms with Crippen LogP contribution in [-0.2, 0) is 20.6 Å². The number of benzene rings is 1. The van der Waals surface area contributed by atoms with Crippen LogP contribution >= 0.6 is 0 Å². The molecule has 1 saturated heterocycles. The fourth-order valence-corrected chi connectivity index (χ4v) is 2.80. The van der Waals surface area contributed by atoms with Crippen LogP contribution in [0, 0.1) is 0 Å². The fraction of sp³-hybridized carbons (Fsp3) is 0.500. The number of carbonyl (C=O) groups excluding carboxylic acids is 1. The zero-order valence-electron chi connectivity index (χ0n) is 13.8. The maximum atomic E-state index is 12.3. The van der Waals surface area contributed by atoms with Crippen molar-refractivity contribution in [3.8, 4) is 0 Å². The van der Waals surface area contributed by atoms with Gasteiger partial charge in [0.15, 0.2) is 0 Å². The molecule has 0 radical (unpaired) electrons. The van der Waals surface area contributed by atoms with Gasteiger partial charge >= 0.3 is 13.1 Å². The molecule has 6 nitrogen and oxygen atoms in total. The van der Waals surface area contributed by atoms with Gasteiger partial charge in [-0.15, -0.1) is 0 Å². The molecule has 122 valence electrons. The average Bonchev–Trinajstić information content (AvgIpc) is 2.84. The van der Waals surface area contributed by atoms with Gasteiger partial charge in [0.2, 0.25) is 0 Å². The highest BCUT2D eigenvalue weighted by Gasteiger charge is 2.52. The van der Waals surface area contributed by atoms with E-state index < -0.39 is 24.3 Å². The van der Waals surface area contributed by atoms with Crippen LogP contribution in [0.15, 0.2) is 18.2 Å². The molecular weight excluding hydrogens is 297 g/mol. The highest BCUT2D eigenvalue weighted by atomic mass is 16.7. The van der Waals surface area contributed by atoms with Gasteiger partial charge in [-0.3, -0.25) is 9.59 Å². The summed E-state index contributed by atoms with van der Waals surface area (Å²) in [5.74, 6) is -1.28. The number of aliphatic carboxylic acids is 1. The van der Waals surface area contributed by atoms with Crippen LogP contribution in [-0.4, -0.2) is 46.7 Å². The molecule has 0 aliphatic carbocycles. The van der Waals surface area contributed by atoms with Crippen molar-refractivity contribution in [3.05, 3.63) is 29.3 Å². The molecule has 0 spiro atoms. The van der Waals surface area contributed by atoms with Gasteiger partial charge in [-0.05, 0) is 44.8 Å². The van der Waals surface area contributed by atoms with Crippen LogP contribution in [0.4, 0.5) is 0 Å². The number of nitrogens with zero attached hydrogens (tertiary/aromatic N) is 1. The summed E-state index contributed by atoms with van der Waals surface area (Å²) >= 11 is 0. The van der Waals surface area contributed by atoms with Crippen LogP contribution < -0.4 is 5.46 Å². The minimum absolute atomic E-state index is 0.263. The zero-order chi connectivity index (χ0) is 17.0. The number of carbonyl (C=O) groups is 2. The Bertz CT molecular complexity index is 669. The van der Waals surface area contributed by atoms with Crippen molar-refractivity contribution in [2.75, 3.05) is 6.54 Å². The number of amides is 1. The van der Waals surface area contributed by atoms with E-state index in [9.17, 15) is 9.59 Å². The summed E-state index contributed by atoms with van der Waals surface area (Å²) < 4.78 is 12.0. The van der Waals surface area contributed by atoms with Crippen molar-refractivity contribution < 1.29 is 24.0 Å². The monoisotopic (exact) mass is 317 g/mol. The predicted molar refractivity (Wildman–Crippen MR) is 84.5 cm³/mol. The number of rotatable bonds is 3. The smallest absolute Gasteiger partial charge is 0.480 e.